The molecular formula is C16H22Cl2N2O4. The standard InChI is InChI=1S/C16H22Cl2N2O4/c1-15(2,3)23-13(21)20(14(22)24-16(4,5)6)12-10(17)7-9(19)8-11(12)18/h7-8H,19H2,1-6H3. The Morgan fingerprint density at radius 2 is 1.25 bits per heavy atom. The van der Waals surface area contributed by atoms with Crippen molar-refractivity contribution in [2.24, 2.45) is 0 Å². The number of benzene rings is 1. The zero-order valence-electron chi connectivity index (χ0n) is 14.6. The molecule has 2 amide bonds. The van der Waals surface area contributed by atoms with Crippen LogP contribution in [0.5, 0.6) is 0 Å². The van der Waals surface area contributed by atoms with Crippen molar-refractivity contribution < 1.29 is 19.1 Å². The van der Waals surface area contributed by atoms with Crippen LogP contribution in [-0.4, -0.2) is 23.4 Å². The number of nitrogens with two attached hydrogens (primary N) is 1. The molecule has 0 unspecified atom stereocenters. The molecule has 2 N–H and O–H groups in total. The molecule has 8 heteroatoms. The van der Waals surface area contributed by atoms with Crippen LogP contribution in [0.2, 0.25) is 10.0 Å². The zero-order valence-corrected chi connectivity index (χ0v) is 16.1. The summed E-state index contributed by atoms with van der Waals surface area (Å²) in [5, 5.41) is 0.0495. The van der Waals surface area contributed by atoms with Gasteiger partial charge in [-0.05, 0) is 53.7 Å². The van der Waals surface area contributed by atoms with Crippen LogP contribution < -0.4 is 10.6 Å². The van der Waals surface area contributed by atoms with Crippen molar-refractivity contribution in [3.8, 4) is 0 Å². The maximum Gasteiger partial charge on any atom is 0.424 e. The first-order chi connectivity index (χ1) is 10.7. The quantitative estimate of drug-likeness (QED) is 0.676. The van der Waals surface area contributed by atoms with E-state index in [9.17, 15) is 9.59 Å². The lowest BCUT2D eigenvalue weighted by Crippen LogP contribution is -2.44. The van der Waals surface area contributed by atoms with Gasteiger partial charge in [0.25, 0.3) is 0 Å². The lowest BCUT2D eigenvalue weighted by Gasteiger charge is -2.29. The molecule has 0 heterocycles. The van der Waals surface area contributed by atoms with Crippen molar-refractivity contribution in [1.29, 1.82) is 0 Å². The summed E-state index contributed by atoms with van der Waals surface area (Å²) in [5.74, 6) is 0. The van der Waals surface area contributed by atoms with Crippen molar-refractivity contribution in [3.63, 3.8) is 0 Å². The Hall–Kier alpha value is -1.66. The van der Waals surface area contributed by atoms with Gasteiger partial charge in [-0.25, -0.2) is 9.59 Å². The number of hydrogen-bond donors (Lipinski definition) is 1. The number of carbonyl (C=O) groups is 2. The summed E-state index contributed by atoms with van der Waals surface area (Å²) in [6, 6.07) is 2.76. The number of nitrogen functional groups attached to an aromatic ring is 1. The normalized spacial score (nSPS) is 11.8. The van der Waals surface area contributed by atoms with Gasteiger partial charge in [0.2, 0.25) is 0 Å². The molecule has 0 aliphatic heterocycles. The van der Waals surface area contributed by atoms with E-state index in [1.807, 2.05) is 0 Å². The summed E-state index contributed by atoms with van der Waals surface area (Å²) in [4.78, 5) is 25.7. The van der Waals surface area contributed by atoms with Crippen LogP contribution >= 0.6 is 23.2 Å². The molecule has 0 radical (unpaired) electrons. The topological polar surface area (TPSA) is 81.9 Å². The predicted molar refractivity (Wildman–Crippen MR) is 95.8 cm³/mol. The van der Waals surface area contributed by atoms with Crippen LogP contribution in [0.4, 0.5) is 21.0 Å². The fourth-order valence-corrected chi connectivity index (χ4v) is 2.34. The molecule has 1 aromatic rings. The van der Waals surface area contributed by atoms with Crippen molar-refractivity contribution in [2.75, 3.05) is 10.6 Å². The molecule has 134 valence electrons. The molecule has 0 bridgehead atoms. The van der Waals surface area contributed by atoms with Crippen LogP contribution in [0.3, 0.4) is 0 Å². The van der Waals surface area contributed by atoms with E-state index >= 15 is 0 Å². The third-order valence-corrected chi connectivity index (χ3v) is 2.99. The van der Waals surface area contributed by atoms with Gasteiger partial charge >= 0.3 is 12.2 Å². The number of carbonyl (C=O) groups excluding carboxylic acids is 2. The molecule has 0 saturated carbocycles. The highest BCUT2D eigenvalue weighted by Crippen LogP contribution is 2.37. The number of amides is 2. The van der Waals surface area contributed by atoms with Crippen LogP contribution in [0.1, 0.15) is 41.5 Å². The van der Waals surface area contributed by atoms with Crippen LogP contribution in [-0.2, 0) is 9.47 Å². The lowest BCUT2D eigenvalue weighted by atomic mass is 10.2. The summed E-state index contributed by atoms with van der Waals surface area (Å²) in [6.07, 6.45) is -1.91. The number of nitrogens with zero attached hydrogens (tertiary/aromatic N) is 1. The van der Waals surface area contributed by atoms with Crippen molar-refractivity contribution in [3.05, 3.63) is 22.2 Å². The molecule has 0 aliphatic rings. The maximum atomic E-state index is 12.5. The van der Waals surface area contributed by atoms with E-state index < -0.39 is 23.4 Å². The van der Waals surface area contributed by atoms with Gasteiger partial charge in [-0.1, -0.05) is 23.2 Å². The SMILES string of the molecule is CC(C)(C)OC(=O)N(C(=O)OC(C)(C)C)c1c(Cl)cc(N)cc1Cl. The second-order valence-corrected chi connectivity index (χ2v) is 7.94. The van der Waals surface area contributed by atoms with E-state index in [0.29, 0.717) is 10.6 Å². The maximum absolute atomic E-state index is 12.5. The highest BCUT2D eigenvalue weighted by atomic mass is 35.5. The molecule has 0 aromatic heterocycles. The molecule has 0 aliphatic carbocycles. The zero-order chi connectivity index (χ0) is 18.9. The largest absolute Gasteiger partial charge is 0.443 e. The lowest BCUT2D eigenvalue weighted by molar-refractivity contribution is 0.0431. The molecule has 0 saturated heterocycles. The Balaban J connectivity index is 3.39. The fraction of sp³-hybridized carbons (Fsp3) is 0.500. The summed E-state index contributed by atoms with van der Waals surface area (Å²) in [6.45, 7) is 10.0. The molecule has 1 rings (SSSR count). The number of hydrogen-bond acceptors (Lipinski definition) is 5. The Morgan fingerprint density at radius 1 is 0.917 bits per heavy atom. The second-order valence-electron chi connectivity index (χ2n) is 7.13. The average molecular weight is 377 g/mol. The Morgan fingerprint density at radius 3 is 1.54 bits per heavy atom. The van der Waals surface area contributed by atoms with Crippen LogP contribution in [0.15, 0.2) is 12.1 Å². The first kappa shape index (κ1) is 20.4. The first-order valence-electron chi connectivity index (χ1n) is 7.22. The Bertz CT molecular complexity index is 597. The van der Waals surface area contributed by atoms with E-state index in [1.54, 1.807) is 41.5 Å². The van der Waals surface area contributed by atoms with Gasteiger partial charge < -0.3 is 15.2 Å². The third-order valence-electron chi connectivity index (χ3n) is 2.41. The Labute approximate surface area is 151 Å². The van der Waals surface area contributed by atoms with Gasteiger partial charge in [0.1, 0.15) is 11.2 Å². The third kappa shape index (κ3) is 5.76. The van der Waals surface area contributed by atoms with E-state index in [4.69, 9.17) is 38.4 Å². The number of halogens is 2. The monoisotopic (exact) mass is 376 g/mol. The fourth-order valence-electron chi connectivity index (χ4n) is 1.67. The highest BCUT2D eigenvalue weighted by Gasteiger charge is 2.35. The van der Waals surface area contributed by atoms with E-state index in [-0.39, 0.29) is 15.7 Å². The predicted octanol–water partition coefficient (Wildman–Crippen LogP) is 5.25. The molecule has 6 nitrogen and oxygen atoms in total. The summed E-state index contributed by atoms with van der Waals surface area (Å²) in [5.41, 5.74) is 4.25. The van der Waals surface area contributed by atoms with Crippen molar-refractivity contribution in [1.82, 2.24) is 0 Å². The van der Waals surface area contributed by atoms with E-state index in [1.165, 1.54) is 12.1 Å². The molecule has 24 heavy (non-hydrogen) atoms. The first-order valence-corrected chi connectivity index (χ1v) is 7.97. The second kappa shape index (κ2) is 7.07. The smallest absolute Gasteiger partial charge is 0.424 e. The Kier molecular flexibility index (Phi) is 6.00. The number of anilines is 2. The van der Waals surface area contributed by atoms with Gasteiger partial charge in [0, 0.05) is 5.69 Å². The summed E-state index contributed by atoms with van der Waals surface area (Å²) in [7, 11) is 0. The van der Waals surface area contributed by atoms with Crippen molar-refractivity contribution in [2.45, 2.75) is 52.7 Å². The van der Waals surface area contributed by atoms with Gasteiger partial charge in [-0.15, -0.1) is 0 Å². The molecule has 0 spiro atoms. The van der Waals surface area contributed by atoms with Crippen LogP contribution in [0.25, 0.3) is 0 Å². The van der Waals surface area contributed by atoms with Crippen molar-refractivity contribution >= 4 is 46.8 Å². The highest BCUT2D eigenvalue weighted by molar-refractivity contribution is 6.41. The number of ether oxygens (including phenoxy) is 2. The number of imide groups is 1. The average Bonchev–Trinajstić information content (AvgIpc) is 2.28. The van der Waals surface area contributed by atoms with Gasteiger partial charge in [0.15, 0.2) is 0 Å². The number of rotatable bonds is 1. The van der Waals surface area contributed by atoms with Gasteiger partial charge in [-0.3, -0.25) is 0 Å². The van der Waals surface area contributed by atoms with E-state index in [2.05, 4.69) is 0 Å². The molecular weight excluding hydrogens is 355 g/mol. The minimum Gasteiger partial charge on any atom is -0.443 e. The summed E-state index contributed by atoms with van der Waals surface area (Å²) >= 11 is 12.3. The van der Waals surface area contributed by atoms with Gasteiger partial charge in [-0.2, -0.15) is 4.90 Å². The van der Waals surface area contributed by atoms with Gasteiger partial charge in [0.05, 0.1) is 15.7 Å². The minimum absolute atomic E-state index is 0.0247. The molecule has 0 fully saturated rings. The molecule has 1 aromatic carbocycles. The van der Waals surface area contributed by atoms with E-state index in [0.717, 1.165) is 0 Å². The minimum atomic E-state index is -0.953. The summed E-state index contributed by atoms with van der Waals surface area (Å²) < 4.78 is 10.5. The van der Waals surface area contributed by atoms with Crippen LogP contribution in [0, 0.1) is 0 Å². The molecule has 0 atom stereocenters.